The van der Waals surface area contributed by atoms with Crippen LogP contribution in [-0.4, -0.2) is 24.1 Å². The van der Waals surface area contributed by atoms with Gasteiger partial charge in [0.25, 0.3) is 0 Å². The molecule has 1 aliphatic rings. The van der Waals surface area contributed by atoms with Crippen molar-refractivity contribution < 1.29 is 27.2 Å². The molecule has 1 aliphatic heterocycles. The van der Waals surface area contributed by atoms with Crippen LogP contribution in [0.2, 0.25) is 0 Å². The van der Waals surface area contributed by atoms with Crippen molar-refractivity contribution in [2.45, 2.75) is 51.3 Å². The first kappa shape index (κ1) is 21.9. The zero-order chi connectivity index (χ0) is 21.2. The summed E-state index contributed by atoms with van der Waals surface area (Å²) in [5.41, 5.74) is 0.854. The summed E-state index contributed by atoms with van der Waals surface area (Å²) in [5, 5.41) is 0. The molecule has 0 saturated carbocycles. The maximum absolute atomic E-state index is 13.1. The lowest BCUT2D eigenvalue weighted by Crippen LogP contribution is -2.41. The van der Waals surface area contributed by atoms with E-state index in [-0.39, 0.29) is 24.4 Å². The fraction of sp³-hybridized carbons (Fsp3) is 0.400. The van der Waals surface area contributed by atoms with E-state index < -0.39 is 24.1 Å². The Balaban J connectivity index is 1.82. The van der Waals surface area contributed by atoms with Crippen LogP contribution >= 0.6 is 11.9 Å². The standard InChI is InChI=1S/C20H23BF3NO3S/c1-19(2)20(3,4)28-21(27-19)14-7-10-16(25-29-18(23)24)17(11-14)26-12-13-5-8-15(22)9-6-13/h5-11,18,25H,12H2,1-4H3. The van der Waals surface area contributed by atoms with Crippen LogP contribution < -0.4 is 14.9 Å². The quantitative estimate of drug-likeness (QED) is 0.500. The van der Waals surface area contributed by atoms with Gasteiger partial charge in [-0.1, -0.05) is 18.2 Å². The summed E-state index contributed by atoms with van der Waals surface area (Å²) in [6, 6.07) is 11.0. The van der Waals surface area contributed by atoms with E-state index in [2.05, 4.69) is 4.72 Å². The van der Waals surface area contributed by atoms with Crippen LogP contribution in [0.4, 0.5) is 18.9 Å². The van der Waals surface area contributed by atoms with E-state index in [1.165, 1.54) is 12.1 Å². The number of nitrogens with one attached hydrogen (secondary N) is 1. The molecule has 1 saturated heterocycles. The van der Waals surface area contributed by atoms with E-state index >= 15 is 0 Å². The molecule has 2 aromatic rings. The molecule has 29 heavy (non-hydrogen) atoms. The highest BCUT2D eigenvalue weighted by atomic mass is 32.2. The first-order valence-electron chi connectivity index (χ1n) is 9.14. The Morgan fingerprint density at radius 2 is 1.66 bits per heavy atom. The maximum atomic E-state index is 13.1. The van der Waals surface area contributed by atoms with Gasteiger partial charge >= 0.3 is 12.9 Å². The summed E-state index contributed by atoms with van der Waals surface area (Å²) in [6.07, 6.45) is 0. The summed E-state index contributed by atoms with van der Waals surface area (Å²) in [5.74, 6) is -2.55. The van der Waals surface area contributed by atoms with Crippen LogP contribution in [-0.2, 0) is 15.9 Å². The van der Waals surface area contributed by atoms with Gasteiger partial charge < -0.3 is 18.8 Å². The second-order valence-corrected chi connectivity index (χ2v) is 8.54. The molecule has 1 fully saturated rings. The second-order valence-electron chi connectivity index (χ2n) is 7.74. The van der Waals surface area contributed by atoms with Crippen molar-refractivity contribution in [2.24, 2.45) is 0 Å². The van der Waals surface area contributed by atoms with E-state index in [0.29, 0.717) is 16.9 Å². The minimum absolute atomic E-state index is 0.154. The van der Waals surface area contributed by atoms with Gasteiger partial charge in [-0.3, -0.25) is 0 Å². The molecule has 0 aromatic heterocycles. The Morgan fingerprint density at radius 1 is 1.03 bits per heavy atom. The number of rotatable bonds is 7. The van der Waals surface area contributed by atoms with Gasteiger partial charge in [0.05, 0.1) is 16.9 Å². The number of ether oxygens (including phenoxy) is 1. The van der Waals surface area contributed by atoms with Crippen LogP contribution in [0.25, 0.3) is 0 Å². The molecular formula is C20H23BF3NO3S. The average molecular weight is 425 g/mol. The molecule has 0 bridgehead atoms. The highest BCUT2D eigenvalue weighted by Gasteiger charge is 2.51. The number of halogens is 3. The monoisotopic (exact) mass is 425 g/mol. The fourth-order valence-corrected chi connectivity index (χ4v) is 3.10. The van der Waals surface area contributed by atoms with Crippen LogP contribution in [0, 0.1) is 5.82 Å². The van der Waals surface area contributed by atoms with Gasteiger partial charge in [-0.05, 0) is 63.0 Å². The predicted molar refractivity (Wildman–Crippen MR) is 110 cm³/mol. The van der Waals surface area contributed by atoms with Crippen molar-refractivity contribution in [3.8, 4) is 5.75 Å². The van der Waals surface area contributed by atoms with Crippen LogP contribution in [0.5, 0.6) is 5.75 Å². The lowest BCUT2D eigenvalue weighted by molar-refractivity contribution is 0.00578. The van der Waals surface area contributed by atoms with Crippen molar-refractivity contribution in [2.75, 3.05) is 4.72 Å². The number of hydrogen-bond acceptors (Lipinski definition) is 5. The topological polar surface area (TPSA) is 39.7 Å². The number of alkyl halides is 2. The molecule has 0 unspecified atom stereocenters. The maximum Gasteiger partial charge on any atom is 0.494 e. The Hall–Kier alpha value is -1.84. The van der Waals surface area contributed by atoms with E-state index in [1.54, 1.807) is 30.3 Å². The lowest BCUT2D eigenvalue weighted by atomic mass is 9.79. The van der Waals surface area contributed by atoms with Gasteiger partial charge in [0.15, 0.2) is 0 Å². The second kappa shape index (κ2) is 8.49. The molecule has 0 aliphatic carbocycles. The predicted octanol–water partition coefficient (Wildman–Crippen LogP) is 4.99. The zero-order valence-electron chi connectivity index (χ0n) is 16.7. The molecule has 1 heterocycles. The summed E-state index contributed by atoms with van der Waals surface area (Å²) in [6.45, 7) is 7.96. The first-order valence-corrected chi connectivity index (χ1v) is 10.0. The highest BCUT2D eigenvalue weighted by molar-refractivity contribution is 8.00. The number of hydrogen-bond donors (Lipinski definition) is 1. The molecule has 1 N–H and O–H groups in total. The minimum atomic E-state index is -2.58. The van der Waals surface area contributed by atoms with Crippen LogP contribution in [0.15, 0.2) is 42.5 Å². The van der Waals surface area contributed by atoms with E-state index in [4.69, 9.17) is 14.0 Å². The normalized spacial score (nSPS) is 17.6. The molecule has 9 heteroatoms. The first-order chi connectivity index (χ1) is 13.6. The van der Waals surface area contributed by atoms with Crippen LogP contribution in [0.3, 0.4) is 0 Å². The van der Waals surface area contributed by atoms with Gasteiger partial charge in [0.1, 0.15) is 18.2 Å². The zero-order valence-corrected chi connectivity index (χ0v) is 17.5. The third kappa shape index (κ3) is 5.21. The Morgan fingerprint density at radius 3 is 2.24 bits per heavy atom. The summed E-state index contributed by atoms with van der Waals surface area (Å²) >= 11 is 0.284. The summed E-state index contributed by atoms with van der Waals surface area (Å²) in [7, 11) is -0.607. The smallest absolute Gasteiger partial charge is 0.487 e. The largest absolute Gasteiger partial charge is 0.494 e. The summed E-state index contributed by atoms with van der Waals surface area (Å²) < 4.78 is 58.9. The molecule has 3 rings (SSSR count). The van der Waals surface area contributed by atoms with Crippen molar-refractivity contribution in [3.05, 3.63) is 53.8 Å². The Kier molecular flexibility index (Phi) is 6.40. The molecule has 4 nitrogen and oxygen atoms in total. The van der Waals surface area contributed by atoms with Gasteiger partial charge in [-0.25, -0.2) is 4.39 Å². The van der Waals surface area contributed by atoms with Gasteiger partial charge in [0.2, 0.25) is 0 Å². The fourth-order valence-electron chi connectivity index (χ4n) is 2.72. The third-order valence-corrected chi connectivity index (χ3v) is 5.61. The third-order valence-electron chi connectivity index (χ3n) is 5.10. The lowest BCUT2D eigenvalue weighted by Gasteiger charge is -2.32. The molecule has 0 atom stereocenters. The van der Waals surface area contributed by atoms with Crippen LogP contribution in [0.1, 0.15) is 33.3 Å². The van der Waals surface area contributed by atoms with Gasteiger partial charge in [-0.2, -0.15) is 8.78 Å². The molecule has 0 radical (unpaired) electrons. The molecule has 0 spiro atoms. The molecule has 156 valence electrons. The Labute approximate surface area is 173 Å². The van der Waals surface area contributed by atoms with Gasteiger partial charge in [0, 0.05) is 11.9 Å². The van der Waals surface area contributed by atoms with Crippen molar-refractivity contribution in [1.29, 1.82) is 0 Å². The SMILES string of the molecule is CC1(C)OB(c2ccc(NSC(F)F)c(OCc3ccc(F)cc3)c2)OC1(C)C. The highest BCUT2D eigenvalue weighted by Crippen LogP contribution is 2.37. The average Bonchev–Trinajstić information content (AvgIpc) is 2.87. The van der Waals surface area contributed by atoms with E-state index in [1.807, 2.05) is 27.7 Å². The van der Waals surface area contributed by atoms with Crippen molar-refractivity contribution in [1.82, 2.24) is 0 Å². The van der Waals surface area contributed by atoms with Crippen molar-refractivity contribution >= 4 is 30.2 Å². The molecule has 2 aromatic carbocycles. The van der Waals surface area contributed by atoms with E-state index in [0.717, 1.165) is 5.56 Å². The number of anilines is 1. The van der Waals surface area contributed by atoms with Gasteiger partial charge in [-0.15, -0.1) is 0 Å². The van der Waals surface area contributed by atoms with E-state index in [9.17, 15) is 13.2 Å². The molecule has 0 amide bonds. The molecular weight excluding hydrogens is 402 g/mol. The van der Waals surface area contributed by atoms with Crippen molar-refractivity contribution in [3.63, 3.8) is 0 Å². The number of benzene rings is 2. The summed E-state index contributed by atoms with van der Waals surface area (Å²) in [4.78, 5) is 0. The minimum Gasteiger partial charge on any atom is -0.487 e. The Bertz CT molecular complexity index is 833.